The van der Waals surface area contributed by atoms with Crippen LogP contribution in [0.1, 0.15) is 5.56 Å². The second-order valence-corrected chi connectivity index (χ2v) is 6.49. The van der Waals surface area contributed by atoms with Gasteiger partial charge < -0.3 is 18.6 Å². The summed E-state index contributed by atoms with van der Waals surface area (Å²) in [5, 5.41) is 0.520. The number of aromatic nitrogens is 1. The zero-order valence-electron chi connectivity index (χ0n) is 15.6. The fourth-order valence-corrected chi connectivity index (χ4v) is 3.21. The molecule has 0 radical (unpaired) electrons. The largest absolute Gasteiger partial charge is 0.493 e. The van der Waals surface area contributed by atoms with E-state index in [-0.39, 0.29) is 0 Å². The molecular weight excluding hydrogens is 372 g/mol. The second kappa shape index (κ2) is 7.94. The molecule has 3 aromatic rings. The molecule has 0 spiro atoms. The van der Waals surface area contributed by atoms with Crippen molar-refractivity contribution in [2.75, 3.05) is 28.4 Å². The summed E-state index contributed by atoms with van der Waals surface area (Å²) >= 11 is 5.96. The van der Waals surface area contributed by atoms with Gasteiger partial charge in [-0.15, -0.1) is 0 Å². The maximum atomic E-state index is 12.2. The van der Waals surface area contributed by atoms with Crippen LogP contribution in [0.3, 0.4) is 0 Å². The predicted octanol–water partition coefficient (Wildman–Crippen LogP) is 3.36. The quantitative estimate of drug-likeness (QED) is 0.614. The normalized spacial score (nSPS) is 11.2. The fraction of sp³-hybridized carbons (Fsp3) is 0.316. The highest BCUT2D eigenvalue weighted by Crippen LogP contribution is 2.40. The minimum atomic E-state index is -0.432. The molecule has 1 aromatic heterocycles. The number of rotatable bonds is 7. The van der Waals surface area contributed by atoms with Crippen LogP contribution >= 0.6 is 11.6 Å². The van der Waals surface area contributed by atoms with E-state index in [1.807, 2.05) is 24.1 Å². The average molecular weight is 393 g/mol. The molecule has 27 heavy (non-hydrogen) atoms. The van der Waals surface area contributed by atoms with Gasteiger partial charge in [0.2, 0.25) is 5.75 Å². The van der Waals surface area contributed by atoms with Gasteiger partial charge >= 0.3 is 5.76 Å². The van der Waals surface area contributed by atoms with Gasteiger partial charge in [-0.05, 0) is 25.2 Å². The molecule has 1 heterocycles. The lowest BCUT2D eigenvalue weighted by molar-refractivity contribution is 0.247. The lowest BCUT2D eigenvalue weighted by atomic mass is 10.1. The predicted molar refractivity (Wildman–Crippen MR) is 103 cm³/mol. The summed E-state index contributed by atoms with van der Waals surface area (Å²) in [4.78, 5) is 14.2. The van der Waals surface area contributed by atoms with E-state index in [0.29, 0.717) is 46.6 Å². The number of oxazole rings is 1. The molecule has 2 aromatic carbocycles. The summed E-state index contributed by atoms with van der Waals surface area (Å²) in [6.45, 7) is 0.862. The lowest BCUT2D eigenvalue weighted by Crippen LogP contribution is -2.27. The first-order valence-corrected chi connectivity index (χ1v) is 8.61. The maximum absolute atomic E-state index is 12.2. The van der Waals surface area contributed by atoms with E-state index in [9.17, 15) is 4.79 Å². The van der Waals surface area contributed by atoms with Gasteiger partial charge in [0.05, 0.1) is 33.5 Å². The average Bonchev–Trinajstić information content (AvgIpc) is 2.95. The van der Waals surface area contributed by atoms with Crippen molar-refractivity contribution in [1.82, 2.24) is 9.47 Å². The van der Waals surface area contributed by atoms with Crippen LogP contribution < -0.4 is 20.0 Å². The van der Waals surface area contributed by atoms with Gasteiger partial charge in [-0.2, -0.15) is 0 Å². The van der Waals surface area contributed by atoms with Crippen LogP contribution in [0.2, 0.25) is 5.02 Å². The maximum Gasteiger partial charge on any atom is 0.421 e. The van der Waals surface area contributed by atoms with Crippen LogP contribution in [0.25, 0.3) is 11.1 Å². The van der Waals surface area contributed by atoms with Crippen molar-refractivity contribution >= 4 is 22.7 Å². The van der Waals surface area contributed by atoms with E-state index in [0.717, 1.165) is 5.56 Å². The molecule has 0 saturated heterocycles. The Morgan fingerprint density at radius 1 is 1.07 bits per heavy atom. The molecular formula is C19H21ClN2O5. The number of fused-ring (bicyclic) bond motifs is 1. The third-order valence-electron chi connectivity index (χ3n) is 4.24. The standard InChI is InChI=1S/C19H21ClN2O5/c1-21(10-12-5-8-15(24-2)18(26-4)17(12)25-3)11-22-14-7-6-13(20)9-16(14)27-19(22)23/h5-9H,10-11H2,1-4H3. The van der Waals surface area contributed by atoms with Gasteiger partial charge in [0.1, 0.15) is 0 Å². The van der Waals surface area contributed by atoms with Crippen molar-refractivity contribution in [3.63, 3.8) is 0 Å². The van der Waals surface area contributed by atoms with Gasteiger partial charge in [-0.25, -0.2) is 4.79 Å². The topological polar surface area (TPSA) is 66.1 Å². The van der Waals surface area contributed by atoms with E-state index in [1.165, 1.54) is 0 Å². The first kappa shape index (κ1) is 19.1. The molecule has 0 aliphatic rings. The van der Waals surface area contributed by atoms with Crippen molar-refractivity contribution in [3.8, 4) is 17.2 Å². The van der Waals surface area contributed by atoms with E-state index < -0.39 is 5.76 Å². The summed E-state index contributed by atoms with van der Waals surface area (Å²) in [5.41, 5.74) is 2.06. The van der Waals surface area contributed by atoms with E-state index in [2.05, 4.69) is 0 Å². The molecule has 0 N–H and O–H groups in total. The van der Waals surface area contributed by atoms with Crippen molar-refractivity contribution in [3.05, 3.63) is 51.5 Å². The third-order valence-corrected chi connectivity index (χ3v) is 4.47. The molecule has 7 nitrogen and oxygen atoms in total. The molecule has 3 rings (SSSR count). The van der Waals surface area contributed by atoms with Gasteiger partial charge in [0.15, 0.2) is 17.1 Å². The van der Waals surface area contributed by atoms with Crippen LogP contribution in [-0.4, -0.2) is 37.8 Å². The number of nitrogens with zero attached hydrogens (tertiary/aromatic N) is 2. The minimum Gasteiger partial charge on any atom is -0.493 e. The fourth-order valence-electron chi connectivity index (χ4n) is 3.04. The number of benzene rings is 2. The summed E-state index contributed by atoms with van der Waals surface area (Å²) < 4.78 is 23.1. The number of ether oxygens (including phenoxy) is 3. The van der Waals surface area contributed by atoms with Crippen LogP contribution in [0.4, 0.5) is 0 Å². The molecule has 0 bridgehead atoms. The molecule has 0 aliphatic heterocycles. The number of hydrogen-bond acceptors (Lipinski definition) is 6. The van der Waals surface area contributed by atoms with E-state index in [4.69, 9.17) is 30.2 Å². The Morgan fingerprint density at radius 2 is 1.81 bits per heavy atom. The summed E-state index contributed by atoms with van der Waals surface area (Å²) in [6.07, 6.45) is 0. The van der Waals surface area contributed by atoms with Crippen molar-refractivity contribution in [1.29, 1.82) is 0 Å². The van der Waals surface area contributed by atoms with Gasteiger partial charge in [0.25, 0.3) is 0 Å². The highest BCUT2D eigenvalue weighted by atomic mass is 35.5. The zero-order valence-corrected chi connectivity index (χ0v) is 16.4. The highest BCUT2D eigenvalue weighted by Gasteiger charge is 2.18. The van der Waals surface area contributed by atoms with E-state index >= 15 is 0 Å². The van der Waals surface area contributed by atoms with Gasteiger partial charge in [0, 0.05) is 23.2 Å². The second-order valence-electron chi connectivity index (χ2n) is 6.06. The Kier molecular flexibility index (Phi) is 5.62. The van der Waals surface area contributed by atoms with Crippen molar-refractivity contribution in [2.24, 2.45) is 0 Å². The monoisotopic (exact) mass is 392 g/mol. The number of hydrogen-bond donors (Lipinski definition) is 0. The van der Waals surface area contributed by atoms with Gasteiger partial charge in [-0.1, -0.05) is 17.7 Å². The van der Waals surface area contributed by atoms with Crippen LogP contribution in [0, 0.1) is 0 Å². The zero-order chi connectivity index (χ0) is 19.6. The molecule has 144 valence electrons. The van der Waals surface area contributed by atoms with Crippen LogP contribution in [0.15, 0.2) is 39.5 Å². The van der Waals surface area contributed by atoms with Crippen molar-refractivity contribution in [2.45, 2.75) is 13.2 Å². The smallest absolute Gasteiger partial charge is 0.421 e. The Hall–Kier alpha value is -2.64. The Labute approximate surface area is 161 Å². The molecule has 0 fully saturated rings. The molecule has 0 atom stereocenters. The Morgan fingerprint density at radius 3 is 2.48 bits per heavy atom. The van der Waals surface area contributed by atoms with Crippen molar-refractivity contribution < 1.29 is 18.6 Å². The molecule has 0 unspecified atom stereocenters. The first-order chi connectivity index (χ1) is 13.0. The number of methoxy groups -OCH3 is 3. The molecule has 0 saturated carbocycles. The van der Waals surface area contributed by atoms with Crippen LogP contribution in [0.5, 0.6) is 17.2 Å². The van der Waals surface area contributed by atoms with Crippen LogP contribution in [-0.2, 0) is 13.2 Å². The molecule has 8 heteroatoms. The van der Waals surface area contributed by atoms with Gasteiger partial charge in [-0.3, -0.25) is 9.47 Å². The highest BCUT2D eigenvalue weighted by molar-refractivity contribution is 6.31. The lowest BCUT2D eigenvalue weighted by Gasteiger charge is -2.20. The Balaban J connectivity index is 1.88. The summed E-state index contributed by atoms with van der Waals surface area (Å²) in [5.74, 6) is 1.29. The summed E-state index contributed by atoms with van der Waals surface area (Å²) in [6, 6.07) is 8.87. The summed E-state index contributed by atoms with van der Waals surface area (Å²) in [7, 11) is 6.62. The SMILES string of the molecule is COc1ccc(CN(C)Cn2c(=O)oc3cc(Cl)ccc32)c(OC)c1OC. The Bertz CT molecular complexity index is 1010. The third kappa shape index (κ3) is 3.74. The number of halogens is 1. The molecule has 0 amide bonds. The first-order valence-electron chi connectivity index (χ1n) is 8.23. The molecule has 0 aliphatic carbocycles. The van der Waals surface area contributed by atoms with E-state index in [1.54, 1.807) is 44.1 Å². The minimum absolute atomic E-state index is 0.338.